The number of hydrogen-bond donors (Lipinski definition) is 1. The molecule has 0 fully saturated rings. The van der Waals surface area contributed by atoms with Crippen LogP contribution in [-0.2, 0) is 6.42 Å². The lowest BCUT2D eigenvalue weighted by atomic mass is 10.0. The van der Waals surface area contributed by atoms with Gasteiger partial charge in [-0.25, -0.2) is 0 Å². The molecule has 0 amide bonds. The van der Waals surface area contributed by atoms with E-state index in [-0.39, 0.29) is 0 Å². The van der Waals surface area contributed by atoms with Crippen molar-refractivity contribution in [3.8, 4) is 0 Å². The maximum absolute atomic E-state index is 6.21. The summed E-state index contributed by atoms with van der Waals surface area (Å²) in [6, 6.07) is 5.93. The minimum Gasteiger partial charge on any atom is -0.384 e. The Labute approximate surface area is 107 Å². The molecule has 0 atom stereocenters. The van der Waals surface area contributed by atoms with Crippen LogP contribution in [0.4, 0.5) is 5.69 Å². The summed E-state index contributed by atoms with van der Waals surface area (Å²) in [5, 5.41) is 5.27. The Hall–Kier alpha value is -1.28. The highest BCUT2D eigenvalue weighted by atomic mass is 35.5. The summed E-state index contributed by atoms with van der Waals surface area (Å²) in [5.41, 5.74) is 4.41. The van der Waals surface area contributed by atoms with E-state index in [1.165, 1.54) is 11.3 Å². The molecular formula is C14H17ClN2. The lowest BCUT2D eigenvalue weighted by Crippen LogP contribution is -2.05. The highest BCUT2D eigenvalue weighted by molar-refractivity contribution is 6.35. The van der Waals surface area contributed by atoms with Gasteiger partial charge in [-0.1, -0.05) is 30.7 Å². The standard InChI is InChI=1S/C14H17ClN2/c1-4-10-9(3)17-14-11(13(10)16-5-2)7-6-8-12(14)15/h6-8H,4-5H2,1-3H3,(H,16,17). The summed E-state index contributed by atoms with van der Waals surface area (Å²) in [6.45, 7) is 7.20. The number of nitrogens with zero attached hydrogens (tertiary/aromatic N) is 1. The van der Waals surface area contributed by atoms with Crippen LogP contribution in [0.1, 0.15) is 25.1 Å². The van der Waals surface area contributed by atoms with Gasteiger partial charge in [0, 0.05) is 23.3 Å². The molecule has 1 N–H and O–H groups in total. The largest absolute Gasteiger partial charge is 0.384 e. The first-order chi connectivity index (χ1) is 8.19. The predicted molar refractivity (Wildman–Crippen MR) is 75.0 cm³/mol. The van der Waals surface area contributed by atoms with E-state index in [2.05, 4.69) is 30.2 Å². The van der Waals surface area contributed by atoms with Crippen molar-refractivity contribution in [2.75, 3.05) is 11.9 Å². The fourth-order valence-electron chi connectivity index (χ4n) is 2.22. The van der Waals surface area contributed by atoms with Gasteiger partial charge in [-0.3, -0.25) is 4.98 Å². The van der Waals surface area contributed by atoms with Crippen molar-refractivity contribution in [1.29, 1.82) is 0 Å². The van der Waals surface area contributed by atoms with E-state index in [1.807, 2.05) is 19.1 Å². The first-order valence-electron chi connectivity index (χ1n) is 6.00. The van der Waals surface area contributed by atoms with Gasteiger partial charge in [0.15, 0.2) is 0 Å². The second kappa shape index (κ2) is 4.92. The molecule has 90 valence electrons. The number of fused-ring (bicyclic) bond motifs is 1. The maximum Gasteiger partial charge on any atom is 0.0912 e. The van der Waals surface area contributed by atoms with E-state index < -0.39 is 0 Å². The van der Waals surface area contributed by atoms with Crippen LogP contribution in [0.25, 0.3) is 10.9 Å². The van der Waals surface area contributed by atoms with Gasteiger partial charge < -0.3 is 5.32 Å². The summed E-state index contributed by atoms with van der Waals surface area (Å²) in [7, 11) is 0. The van der Waals surface area contributed by atoms with E-state index in [1.54, 1.807) is 0 Å². The van der Waals surface area contributed by atoms with Crippen molar-refractivity contribution in [2.24, 2.45) is 0 Å². The Kier molecular flexibility index (Phi) is 3.53. The molecule has 2 nitrogen and oxygen atoms in total. The number of halogens is 1. The number of aromatic nitrogens is 1. The Balaban J connectivity index is 2.82. The van der Waals surface area contributed by atoms with Gasteiger partial charge in [0.25, 0.3) is 0 Å². The number of aryl methyl sites for hydroxylation is 1. The fraction of sp³-hybridized carbons (Fsp3) is 0.357. The fourth-order valence-corrected chi connectivity index (χ4v) is 2.44. The van der Waals surface area contributed by atoms with Crippen molar-refractivity contribution < 1.29 is 0 Å². The molecule has 0 saturated carbocycles. The lowest BCUT2D eigenvalue weighted by Gasteiger charge is -2.15. The topological polar surface area (TPSA) is 24.9 Å². The zero-order chi connectivity index (χ0) is 12.4. The van der Waals surface area contributed by atoms with Crippen LogP contribution < -0.4 is 5.32 Å². The lowest BCUT2D eigenvalue weighted by molar-refractivity contribution is 1.06. The van der Waals surface area contributed by atoms with Crippen LogP contribution in [0.3, 0.4) is 0 Å². The molecule has 0 spiro atoms. The quantitative estimate of drug-likeness (QED) is 0.881. The number of anilines is 1. The molecule has 0 saturated heterocycles. The number of hydrogen-bond acceptors (Lipinski definition) is 2. The van der Waals surface area contributed by atoms with Crippen LogP contribution >= 0.6 is 11.6 Å². The van der Waals surface area contributed by atoms with Crippen molar-refractivity contribution in [3.63, 3.8) is 0 Å². The van der Waals surface area contributed by atoms with Crippen LogP contribution in [-0.4, -0.2) is 11.5 Å². The van der Waals surface area contributed by atoms with Crippen LogP contribution in [0.5, 0.6) is 0 Å². The molecule has 0 aliphatic carbocycles. The zero-order valence-electron chi connectivity index (χ0n) is 10.5. The third kappa shape index (κ3) is 2.09. The van der Waals surface area contributed by atoms with Crippen molar-refractivity contribution in [3.05, 3.63) is 34.5 Å². The van der Waals surface area contributed by atoms with Crippen molar-refractivity contribution in [1.82, 2.24) is 4.98 Å². The molecule has 3 heteroatoms. The third-order valence-electron chi connectivity index (χ3n) is 2.98. The van der Waals surface area contributed by atoms with Crippen LogP contribution in [0.2, 0.25) is 5.02 Å². The van der Waals surface area contributed by atoms with E-state index in [0.29, 0.717) is 5.02 Å². The Morgan fingerprint density at radius 1 is 1.29 bits per heavy atom. The van der Waals surface area contributed by atoms with Gasteiger partial charge in [-0.15, -0.1) is 0 Å². The Morgan fingerprint density at radius 3 is 2.71 bits per heavy atom. The number of rotatable bonds is 3. The predicted octanol–water partition coefficient (Wildman–Crippen LogP) is 4.19. The molecule has 2 rings (SSSR count). The third-order valence-corrected chi connectivity index (χ3v) is 3.29. The van der Waals surface area contributed by atoms with Crippen molar-refractivity contribution in [2.45, 2.75) is 27.2 Å². The van der Waals surface area contributed by atoms with E-state index >= 15 is 0 Å². The average Bonchev–Trinajstić information content (AvgIpc) is 2.31. The Morgan fingerprint density at radius 2 is 2.06 bits per heavy atom. The van der Waals surface area contributed by atoms with Gasteiger partial charge in [0.2, 0.25) is 0 Å². The smallest absolute Gasteiger partial charge is 0.0912 e. The summed E-state index contributed by atoms with van der Waals surface area (Å²) < 4.78 is 0. The van der Waals surface area contributed by atoms with Gasteiger partial charge in [0.1, 0.15) is 0 Å². The first kappa shape index (κ1) is 12.2. The summed E-state index contributed by atoms with van der Waals surface area (Å²) >= 11 is 6.21. The molecule has 0 aliphatic rings. The molecular weight excluding hydrogens is 232 g/mol. The molecule has 0 aliphatic heterocycles. The molecule has 0 radical (unpaired) electrons. The highest BCUT2D eigenvalue weighted by Crippen LogP contribution is 2.32. The van der Waals surface area contributed by atoms with Gasteiger partial charge in [-0.2, -0.15) is 0 Å². The molecule has 0 unspecified atom stereocenters. The minimum atomic E-state index is 0.715. The molecule has 0 bridgehead atoms. The number of nitrogens with one attached hydrogen (secondary N) is 1. The van der Waals surface area contributed by atoms with Gasteiger partial charge in [-0.05, 0) is 31.9 Å². The number of benzene rings is 1. The van der Waals surface area contributed by atoms with Gasteiger partial charge in [0.05, 0.1) is 10.5 Å². The zero-order valence-corrected chi connectivity index (χ0v) is 11.2. The van der Waals surface area contributed by atoms with Crippen LogP contribution in [0.15, 0.2) is 18.2 Å². The minimum absolute atomic E-state index is 0.715. The van der Waals surface area contributed by atoms with Crippen molar-refractivity contribution >= 4 is 28.2 Å². The first-order valence-corrected chi connectivity index (χ1v) is 6.38. The van der Waals surface area contributed by atoms with Crippen LogP contribution in [0, 0.1) is 6.92 Å². The van der Waals surface area contributed by atoms with E-state index in [4.69, 9.17) is 11.6 Å². The molecule has 1 heterocycles. The molecule has 1 aromatic carbocycles. The Bertz CT molecular complexity index is 549. The molecule has 17 heavy (non-hydrogen) atoms. The van der Waals surface area contributed by atoms with Gasteiger partial charge >= 0.3 is 0 Å². The second-order valence-electron chi connectivity index (χ2n) is 4.07. The molecule has 1 aromatic heterocycles. The summed E-state index contributed by atoms with van der Waals surface area (Å²) in [6.07, 6.45) is 0.976. The monoisotopic (exact) mass is 248 g/mol. The maximum atomic E-state index is 6.21. The SMILES string of the molecule is CCNc1c(CC)c(C)nc2c(Cl)cccc12. The normalized spacial score (nSPS) is 10.8. The summed E-state index contributed by atoms with van der Waals surface area (Å²) in [5.74, 6) is 0. The van der Waals surface area contributed by atoms with E-state index in [0.717, 1.165) is 29.6 Å². The average molecular weight is 249 g/mol. The number of para-hydroxylation sites is 1. The summed E-state index contributed by atoms with van der Waals surface area (Å²) in [4.78, 5) is 4.62. The second-order valence-corrected chi connectivity index (χ2v) is 4.48. The number of pyridine rings is 1. The van der Waals surface area contributed by atoms with E-state index in [9.17, 15) is 0 Å². The molecule has 2 aromatic rings. The highest BCUT2D eigenvalue weighted by Gasteiger charge is 2.12.